The third kappa shape index (κ3) is 3.96. The van der Waals surface area contributed by atoms with Gasteiger partial charge in [0.25, 0.3) is 0 Å². The van der Waals surface area contributed by atoms with Gasteiger partial charge in [0.15, 0.2) is 0 Å². The predicted octanol–water partition coefficient (Wildman–Crippen LogP) is 3.37. The van der Waals surface area contributed by atoms with E-state index >= 15 is 0 Å². The molecule has 4 nitrogen and oxygen atoms in total. The second-order valence-corrected chi connectivity index (χ2v) is 7.80. The van der Waals surface area contributed by atoms with Crippen LogP contribution in [0.1, 0.15) is 17.5 Å². The van der Waals surface area contributed by atoms with Gasteiger partial charge in [-0.25, -0.2) is 0 Å². The van der Waals surface area contributed by atoms with Crippen molar-refractivity contribution in [2.24, 2.45) is 0 Å². The number of benzene rings is 1. The highest BCUT2D eigenvalue weighted by Gasteiger charge is 2.26. The molecule has 3 heterocycles. The minimum Gasteiger partial charge on any atom is -0.396 e. The van der Waals surface area contributed by atoms with Crippen LogP contribution in [0.5, 0.6) is 0 Å². The molecule has 1 fully saturated rings. The zero-order chi connectivity index (χ0) is 17.8. The molecule has 0 spiro atoms. The lowest BCUT2D eigenvalue weighted by Gasteiger charge is -2.41. The predicted molar refractivity (Wildman–Crippen MR) is 107 cm³/mol. The summed E-state index contributed by atoms with van der Waals surface area (Å²) in [4.78, 5) is 9.29. The zero-order valence-electron chi connectivity index (χ0n) is 14.9. The van der Waals surface area contributed by atoms with Crippen molar-refractivity contribution in [1.82, 2.24) is 14.8 Å². The van der Waals surface area contributed by atoms with E-state index in [1.807, 2.05) is 12.4 Å². The third-order valence-corrected chi connectivity index (χ3v) is 6.01. The second-order valence-electron chi connectivity index (χ2n) is 7.02. The number of hydrogen-bond acceptors (Lipinski definition) is 5. The molecule has 1 aromatic carbocycles. The molecule has 0 aliphatic carbocycles. The van der Waals surface area contributed by atoms with E-state index in [0.717, 1.165) is 39.1 Å². The first kappa shape index (κ1) is 17.6. The number of rotatable bonds is 6. The SMILES string of the molecule is OCC[C@@H]1CN(Cc2cccc3cnccc23)CCN1Cc1ccsc1. The first-order chi connectivity index (χ1) is 12.8. The van der Waals surface area contributed by atoms with Crippen LogP contribution in [0.15, 0.2) is 53.5 Å². The molecule has 5 heteroatoms. The Labute approximate surface area is 158 Å². The number of hydrogen-bond donors (Lipinski definition) is 1. The molecule has 0 saturated carbocycles. The maximum Gasteiger partial charge on any atom is 0.0446 e. The van der Waals surface area contributed by atoms with Gasteiger partial charge in [-0.3, -0.25) is 14.8 Å². The Kier molecular flexibility index (Phi) is 5.60. The van der Waals surface area contributed by atoms with Crippen LogP contribution in [0.4, 0.5) is 0 Å². The highest BCUT2D eigenvalue weighted by molar-refractivity contribution is 7.07. The number of aliphatic hydroxyl groups excluding tert-OH is 1. The van der Waals surface area contributed by atoms with Gasteiger partial charge in [-0.05, 0) is 45.8 Å². The number of thiophene rings is 1. The fraction of sp³-hybridized carbons (Fsp3) is 0.381. The molecule has 1 N–H and O–H groups in total. The van der Waals surface area contributed by atoms with Gasteiger partial charge in [-0.2, -0.15) is 11.3 Å². The minimum absolute atomic E-state index is 0.249. The normalized spacial score (nSPS) is 19.2. The van der Waals surface area contributed by atoms with Gasteiger partial charge < -0.3 is 5.11 Å². The molecule has 0 unspecified atom stereocenters. The molecular weight excluding hydrogens is 342 g/mol. The van der Waals surface area contributed by atoms with Crippen molar-refractivity contribution in [2.75, 3.05) is 26.2 Å². The summed E-state index contributed by atoms with van der Waals surface area (Å²) in [5.41, 5.74) is 2.74. The number of nitrogens with zero attached hydrogens (tertiary/aromatic N) is 3. The van der Waals surface area contributed by atoms with Crippen molar-refractivity contribution in [2.45, 2.75) is 25.6 Å². The summed E-state index contributed by atoms with van der Waals surface area (Å²) < 4.78 is 0. The summed E-state index contributed by atoms with van der Waals surface area (Å²) in [6.07, 6.45) is 4.64. The lowest BCUT2D eigenvalue weighted by atomic mass is 10.0. The maximum absolute atomic E-state index is 9.53. The number of piperazine rings is 1. The van der Waals surface area contributed by atoms with Crippen LogP contribution < -0.4 is 0 Å². The molecule has 0 bridgehead atoms. The summed E-state index contributed by atoms with van der Waals surface area (Å²) >= 11 is 1.75. The Bertz CT molecular complexity index is 831. The van der Waals surface area contributed by atoms with Gasteiger partial charge in [0.1, 0.15) is 0 Å². The molecule has 1 saturated heterocycles. The van der Waals surface area contributed by atoms with Crippen molar-refractivity contribution in [3.05, 3.63) is 64.6 Å². The Balaban J connectivity index is 1.46. The average Bonchev–Trinajstić information content (AvgIpc) is 3.18. The van der Waals surface area contributed by atoms with Gasteiger partial charge in [0, 0.05) is 63.2 Å². The number of pyridine rings is 1. The van der Waals surface area contributed by atoms with Crippen LogP contribution in [0, 0.1) is 0 Å². The van der Waals surface area contributed by atoms with E-state index in [1.54, 1.807) is 11.3 Å². The Hall–Kier alpha value is -1.79. The van der Waals surface area contributed by atoms with Crippen LogP contribution in [0.2, 0.25) is 0 Å². The molecule has 4 rings (SSSR count). The molecule has 1 atom stereocenters. The fourth-order valence-corrected chi connectivity index (χ4v) is 4.58. The standard InChI is InChI=1S/C21H25N3OS/c25-10-5-20-15-23(8-9-24(20)13-17-6-11-26-16-17)14-19-3-1-2-18-12-22-7-4-21(18)19/h1-4,6-7,11-12,16,20,25H,5,8-10,13-15H2/t20-/m1/s1. The van der Waals surface area contributed by atoms with E-state index in [2.05, 4.69) is 55.9 Å². The van der Waals surface area contributed by atoms with E-state index in [1.165, 1.54) is 21.9 Å². The molecule has 136 valence electrons. The van der Waals surface area contributed by atoms with Crippen LogP contribution in [0.25, 0.3) is 10.8 Å². The Morgan fingerprint density at radius 3 is 2.96 bits per heavy atom. The van der Waals surface area contributed by atoms with Gasteiger partial charge >= 0.3 is 0 Å². The number of fused-ring (bicyclic) bond motifs is 1. The molecule has 2 aromatic heterocycles. The maximum atomic E-state index is 9.53. The second kappa shape index (κ2) is 8.27. The Morgan fingerprint density at radius 1 is 1.15 bits per heavy atom. The largest absolute Gasteiger partial charge is 0.396 e. The third-order valence-electron chi connectivity index (χ3n) is 5.28. The molecule has 0 radical (unpaired) electrons. The molecule has 0 amide bonds. The smallest absolute Gasteiger partial charge is 0.0446 e. The number of aliphatic hydroxyl groups is 1. The lowest BCUT2D eigenvalue weighted by molar-refractivity contribution is 0.0502. The highest BCUT2D eigenvalue weighted by atomic mass is 32.1. The minimum atomic E-state index is 0.249. The van der Waals surface area contributed by atoms with E-state index in [-0.39, 0.29) is 6.61 Å². The van der Waals surface area contributed by atoms with Gasteiger partial charge in [-0.1, -0.05) is 18.2 Å². The molecule has 26 heavy (non-hydrogen) atoms. The van der Waals surface area contributed by atoms with Gasteiger partial charge in [-0.15, -0.1) is 0 Å². The van der Waals surface area contributed by atoms with Crippen molar-refractivity contribution >= 4 is 22.1 Å². The lowest BCUT2D eigenvalue weighted by Crippen LogP contribution is -2.52. The van der Waals surface area contributed by atoms with Crippen LogP contribution in [0.3, 0.4) is 0 Å². The summed E-state index contributed by atoms with van der Waals surface area (Å²) in [5, 5.41) is 16.4. The monoisotopic (exact) mass is 367 g/mol. The van der Waals surface area contributed by atoms with Crippen molar-refractivity contribution in [1.29, 1.82) is 0 Å². The van der Waals surface area contributed by atoms with E-state index in [4.69, 9.17) is 0 Å². The molecular formula is C21H25N3OS. The summed E-state index contributed by atoms with van der Waals surface area (Å²) in [6.45, 7) is 5.31. The van der Waals surface area contributed by atoms with Gasteiger partial charge in [0.2, 0.25) is 0 Å². The molecule has 1 aliphatic heterocycles. The fourth-order valence-electron chi connectivity index (χ4n) is 3.92. The van der Waals surface area contributed by atoms with E-state index in [0.29, 0.717) is 6.04 Å². The number of aromatic nitrogens is 1. The molecule has 3 aromatic rings. The van der Waals surface area contributed by atoms with E-state index in [9.17, 15) is 5.11 Å². The summed E-state index contributed by atoms with van der Waals surface area (Å²) in [7, 11) is 0. The van der Waals surface area contributed by atoms with Crippen molar-refractivity contribution in [3.8, 4) is 0 Å². The highest BCUT2D eigenvalue weighted by Crippen LogP contribution is 2.23. The van der Waals surface area contributed by atoms with Crippen LogP contribution >= 0.6 is 11.3 Å². The van der Waals surface area contributed by atoms with Crippen molar-refractivity contribution < 1.29 is 5.11 Å². The average molecular weight is 368 g/mol. The first-order valence-electron chi connectivity index (χ1n) is 9.23. The summed E-state index contributed by atoms with van der Waals surface area (Å²) in [5.74, 6) is 0. The van der Waals surface area contributed by atoms with E-state index < -0.39 is 0 Å². The van der Waals surface area contributed by atoms with Gasteiger partial charge in [0.05, 0.1) is 0 Å². The van der Waals surface area contributed by atoms with Crippen LogP contribution in [-0.2, 0) is 13.1 Å². The Morgan fingerprint density at radius 2 is 2.12 bits per heavy atom. The quantitative estimate of drug-likeness (QED) is 0.725. The van der Waals surface area contributed by atoms with Crippen molar-refractivity contribution in [3.63, 3.8) is 0 Å². The topological polar surface area (TPSA) is 39.6 Å². The summed E-state index contributed by atoms with van der Waals surface area (Å²) in [6, 6.07) is 11.2. The molecule has 1 aliphatic rings. The zero-order valence-corrected chi connectivity index (χ0v) is 15.7. The van der Waals surface area contributed by atoms with Crippen LogP contribution in [-0.4, -0.2) is 52.2 Å². The first-order valence-corrected chi connectivity index (χ1v) is 10.2.